The lowest BCUT2D eigenvalue weighted by Crippen LogP contribution is -2.38. The van der Waals surface area contributed by atoms with Crippen molar-refractivity contribution >= 4 is 17.7 Å². The van der Waals surface area contributed by atoms with Gasteiger partial charge in [0, 0.05) is 6.54 Å². The van der Waals surface area contributed by atoms with Crippen LogP contribution in [0.3, 0.4) is 0 Å². The van der Waals surface area contributed by atoms with Crippen LogP contribution < -0.4 is 5.32 Å². The molecule has 6 nitrogen and oxygen atoms in total. The number of anilines is 1. The van der Waals surface area contributed by atoms with E-state index in [0.717, 1.165) is 11.0 Å². The highest BCUT2D eigenvalue weighted by molar-refractivity contribution is 5.92. The normalized spacial score (nSPS) is 9.53. The molecule has 0 unspecified atom stereocenters. The summed E-state index contributed by atoms with van der Waals surface area (Å²) in [5.74, 6) is -1.90. The second kappa shape index (κ2) is 6.35. The Morgan fingerprint density at radius 1 is 1.53 bits per heavy atom. The molecule has 0 atom stereocenters. The van der Waals surface area contributed by atoms with Gasteiger partial charge in [0.15, 0.2) is 0 Å². The zero-order valence-electron chi connectivity index (χ0n) is 10.2. The number of carbonyl (C=O) groups is 2. The number of amides is 2. The first-order valence-electron chi connectivity index (χ1n) is 5.46. The van der Waals surface area contributed by atoms with Gasteiger partial charge in [-0.3, -0.25) is 4.79 Å². The Kier molecular flexibility index (Phi) is 4.83. The third kappa shape index (κ3) is 3.67. The molecule has 0 radical (unpaired) electrons. The molecule has 0 saturated heterocycles. The Bertz CT molecular complexity index is 540. The number of nitrogens with one attached hydrogen (secondary N) is 1. The van der Waals surface area contributed by atoms with Gasteiger partial charge in [-0.25, -0.2) is 9.18 Å². The van der Waals surface area contributed by atoms with Crippen molar-refractivity contribution in [2.24, 2.45) is 0 Å². The van der Waals surface area contributed by atoms with Gasteiger partial charge in [0.25, 0.3) is 0 Å². The Labute approximate surface area is 109 Å². The van der Waals surface area contributed by atoms with Crippen molar-refractivity contribution in [3.8, 4) is 6.07 Å². The lowest BCUT2D eigenvalue weighted by Gasteiger charge is -2.19. The molecule has 1 aromatic rings. The van der Waals surface area contributed by atoms with Gasteiger partial charge in [-0.15, -0.1) is 0 Å². The molecule has 1 aromatic carbocycles. The number of aliphatic carboxylic acids is 1. The van der Waals surface area contributed by atoms with Gasteiger partial charge in [0.1, 0.15) is 24.0 Å². The molecule has 0 bridgehead atoms. The highest BCUT2D eigenvalue weighted by Gasteiger charge is 2.17. The number of halogens is 1. The number of nitrogens with zero attached hydrogens (tertiary/aromatic N) is 2. The molecule has 0 aromatic heterocycles. The second-order valence-electron chi connectivity index (χ2n) is 3.61. The van der Waals surface area contributed by atoms with Crippen LogP contribution in [0.4, 0.5) is 14.9 Å². The second-order valence-corrected chi connectivity index (χ2v) is 3.61. The van der Waals surface area contributed by atoms with Gasteiger partial charge in [0.2, 0.25) is 0 Å². The fourth-order valence-corrected chi connectivity index (χ4v) is 1.43. The number of rotatable bonds is 4. The summed E-state index contributed by atoms with van der Waals surface area (Å²) < 4.78 is 13.3. The molecule has 0 aliphatic rings. The average Bonchev–Trinajstić information content (AvgIpc) is 2.35. The number of carboxylic acids is 1. The van der Waals surface area contributed by atoms with Gasteiger partial charge in [-0.2, -0.15) is 5.26 Å². The number of hydrogen-bond donors (Lipinski definition) is 2. The SMILES string of the molecule is CCN(CC(=O)O)C(=O)Nc1cccc(F)c1C#N. The first-order valence-corrected chi connectivity index (χ1v) is 5.46. The average molecular weight is 265 g/mol. The predicted octanol–water partition coefficient (Wildman–Crippen LogP) is 1.64. The fraction of sp³-hybridized carbons (Fsp3) is 0.250. The van der Waals surface area contributed by atoms with Crippen LogP contribution in [0.5, 0.6) is 0 Å². The molecule has 2 amide bonds. The van der Waals surface area contributed by atoms with Crippen molar-refractivity contribution in [1.29, 1.82) is 5.26 Å². The summed E-state index contributed by atoms with van der Waals surface area (Å²) in [6.45, 7) is 1.31. The molecule has 0 aliphatic heterocycles. The molecule has 2 N–H and O–H groups in total. The van der Waals surface area contributed by atoms with Crippen LogP contribution in [0.1, 0.15) is 12.5 Å². The number of carbonyl (C=O) groups excluding carboxylic acids is 1. The summed E-state index contributed by atoms with van der Waals surface area (Å²) in [5, 5.41) is 19.8. The van der Waals surface area contributed by atoms with E-state index in [-0.39, 0.29) is 17.8 Å². The van der Waals surface area contributed by atoms with Crippen molar-refractivity contribution in [3.63, 3.8) is 0 Å². The van der Waals surface area contributed by atoms with E-state index in [9.17, 15) is 14.0 Å². The number of hydrogen-bond acceptors (Lipinski definition) is 3. The molecule has 7 heteroatoms. The summed E-state index contributed by atoms with van der Waals surface area (Å²) in [4.78, 5) is 23.4. The van der Waals surface area contributed by atoms with Gasteiger partial charge in [-0.05, 0) is 19.1 Å². The third-order valence-electron chi connectivity index (χ3n) is 2.36. The Hall–Kier alpha value is -2.62. The van der Waals surface area contributed by atoms with Crippen LogP contribution in [0.25, 0.3) is 0 Å². The van der Waals surface area contributed by atoms with Gasteiger partial charge in [0.05, 0.1) is 5.69 Å². The van der Waals surface area contributed by atoms with E-state index in [1.54, 1.807) is 13.0 Å². The molecule has 100 valence electrons. The highest BCUT2D eigenvalue weighted by atomic mass is 19.1. The Balaban J connectivity index is 2.90. The zero-order chi connectivity index (χ0) is 14.4. The highest BCUT2D eigenvalue weighted by Crippen LogP contribution is 2.18. The lowest BCUT2D eigenvalue weighted by atomic mass is 10.2. The minimum atomic E-state index is -1.16. The lowest BCUT2D eigenvalue weighted by molar-refractivity contribution is -0.137. The van der Waals surface area contributed by atoms with Crippen molar-refractivity contribution < 1.29 is 19.1 Å². The monoisotopic (exact) mass is 265 g/mol. The number of benzene rings is 1. The topological polar surface area (TPSA) is 93.4 Å². The standard InChI is InChI=1S/C12H12FN3O3/c1-2-16(7-11(17)18)12(19)15-10-5-3-4-9(13)8(10)6-14/h3-5H,2,7H2,1H3,(H,15,19)(H,17,18). The quantitative estimate of drug-likeness (QED) is 0.865. The maximum absolute atomic E-state index is 13.3. The summed E-state index contributed by atoms with van der Waals surface area (Å²) in [5.41, 5.74) is -0.279. The molecule has 0 fully saturated rings. The van der Waals surface area contributed by atoms with Crippen LogP contribution in [-0.4, -0.2) is 35.1 Å². The zero-order valence-corrected chi connectivity index (χ0v) is 10.2. The van der Waals surface area contributed by atoms with Crippen molar-refractivity contribution in [2.75, 3.05) is 18.4 Å². The Morgan fingerprint density at radius 2 is 2.21 bits per heavy atom. The maximum atomic E-state index is 13.3. The summed E-state index contributed by atoms with van der Waals surface area (Å²) in [7, 11) is 0. The van der Waals surface area contributed by atoms with Gasteiger partial charge < -0.3 is 15.3 Å². The number of urea groups is 1. The molecule has 0 heterocycles. The van der Waals surface area contributed by atoms with E-state index in [2.05, 4.69) is 5.32 Å². The Morgan fingerprint density at radius 3 is 2.74 bits per heavy atom. The first-order chi connectivity index (χ1) is 8.99. The number of carboxylic acid groups (broad SMARTS) is 1. The van der Waals surface area contributed by atoms with E-state index in [0.29, 0.717) is 0 Å². The smallest absolute Gasteiger partial charge is 0.323 e. The molecular formula is C12H12FN3O3. The van der Waals surface area contributed by atoms with E-state index in [1.165, 1.54) is 12.1 Å². The molecule has 0 aliphatic carbocycles. The van der Waals surface area contributed by atoms with Gasteiger partial charge in [-0.1, -0.05) is 6.07 Å². The van der Waals surface area contributed by atoms with Crippen LogP contribution in [0.15, 0.2) is 18.2 Å². The minimum Gasteiger partial charge on any atom is -0.480 e. The number of nitriles is 1. The fourth-order valence-electron chi connectivity index (χ4n) is 1.43. The maximum Gasteiger partial charge on any atom is 0.323 e. The summed E-state index contributed by atoms with van der Waals surface area (Å²) in [6.07, 6.45) is 0. The van der Waals surface area contributed by atoms with Crippen molar-refractivity contribution in [3.05, 3.63) is 29.6 Å². The van der Waals surface area contributed by atoms with Crippen molar-refractivity contribution in [1.82, 2.24) is 4.90 Å². The minimum absolute atomic E-state index is 0.0105. The van der Waals surface area contributed by atoms with Gasteiger partial charge >= 0.3 is 12.0 Å². The third-order valence-corrected chi connectivity index (χ3v) is 2.36. The molecule has 0 spiro atoms. The summed E-state index contributed by atoms with van der Waals surface area (Å²) in [6, 6.07) is 4.76. The van der Waals surface area contributed by atoms with Crippen LogP contribution in [0, 0.1) is 17.1 Å². The predicted molar refractivity (Wildman–Crippen MR) is 65.0 cm³/mol. The van der Waals surface area contributed by atoms with E-state index >= 15 is 0 Å². The van der Waals surface area contributed by atoms with E-state index in [1.807, 2.05) is 0 Å². The largest absolute Gasteiger partial charge is 0.480 e. The van der Waals surface area contributed by atoms with E-state index in [4.69, 9.17) is 10.4 Å². The molecule has 19 heavy (non-hydrogen) atoms. The van der Waals surface area contributed by atoms with Crippen molar-refractivity contribution in [2.45, 2.75) is 6.92 Å². The van der Waals surface area contributed by atoms with E-state index < -0.39 is 24.4 Å². The van der Waals surface area contributed by atoms with Crippen LogP contribution >= 0.6 is 0 Å². The summed E-state index contributed by atoms with van der Waals surface area (Å²) >= 11 is 0. The molecule has 0 saturated carbocycles. The first kappa shape index (κ1) is 14.4. The van der Waals surface area contributed by atoms with Crippen LogP contribution in [0.2, 0.25) is 0 Å². The molecular weight excluding hydrogens is 253 g/mol. The molecule has 1 rings (SSSR count). The van der Waals surface area contributed by atoms with Crippen LogP contribution in [-0.2, 0) is 4.79 Å². The number of likely N-dealkylation sites (N-methyl/N-ethyl adjacent to an activating group) is 1.